The third kappa shape index (κ3) is 4.58. The maximum atomic E-state index is 12.3. The zero-order valence-electron chi connectivity index (χ0n) is 15.2. The number of amides is 1. The highest BCUT2D eigenvalue weighted by atomic mass is 127. The van der Waals surface area contributed by atoms with E-state index in [1.165, 1.54) is 30.5 Å². The summed E-state index contributed by atoms with van der Waals surface area (Å²) in [4.78, 5) is 23.6. The van der Waals surface area contributed by atoms with Crippen LogP contribution in [0.25, 0.3) is 6.08 Å². The summed E-state index contributed by atoms with van der Waals surface area (Å²) >= 11 is 3.32. The van der Waals surface area contributed by atoms with Crippen LogP contribution in [0.1, 0.15) is 18.1 Å². The molecule has 2 aromatic rings. The topological polar surface area (TPSA) is 93.5 Å². The lowest BCUT2D eigenvalue weighted by Crippen LogP contribution is -2.30. The van der Waals surface area contributed by atoms with Crippen LogP contribution in [0.3, 0.4) is 0 Å². The number of nitro benzene ring substituents is 1. The number of ether oxygens (including phenoxy) is 1. The summed E-state index contributed by atoms with van der Waals surface area (Å²) in [6.45, 7) is 2.09. The van der Waals surface area contributed by atoms with Crippen LogP contribution in [-0.4, -0.2) is 23.4 Å². The number of nitro groups is 1. The van der Waals surface area contributed by atoms with Crippen LogP contribution in [0.4, 0.5) is 11.4 Å². The zero-order valence-corrected chi connectivity index (χ0v) is 18.2. The first-order valence-corrected chi connectivity index (χ1v) is 10.4. The van der Waals surface area contributed by atoms with E-state index in [0.29, 0.717) is 14.0 Å². The number of carbonyl (C=O) groups excluding carboxylic acids is 1. The molecule has 1 amide bonds. The van der Waals surface area contributed by atoms with Gasteiger partial charge in [-0.25, -0.2) is 0 Å². The Morgan fingerprint density at radius 3 is 2.68 bits per heavy atom. The van der Waals surface area contributed by atoms with Crippen molar-refractivity contribution in [1.82, 2.24) is 5.32 Å². The Morgan fingerprint density at radius 2 is 2.07 bits per heavy atom. The molecule has 0 radical (unpaired) electrons. The first kappa shape index (κ1) is 20.5. The van der Waals surface area contributed by atoms with Gasteiger partial charge in [0.25, 0.3) is 5.91 Å². The molecular formula is C19H18IN3O4S. The van der Waals surface area contributed by atoms with Gasteiger partial charge in [-0.1, -0.05) is 30.8 Å². The third-order valence-corrected chi connectivity index (χ3v) is 5.97. The molecule has 146 valence electrons. The molecule has 0 saturated carbocycles. The molecule has 0 spiro atoms. The van der Waals surface area contributed by atoms with Crippen LogP contribution in [0.15, 0.2) is 41.3 Å². The molecule has 1 fully saturated rings. The van der Waals surface area contributed by atoms with Gasteiger partial charge in [0, 0.05) is 11.8 Å². The minimum absolute atomic E-state index is 0.129. The van der Waals surface area contributed by atoms with Crippen molar-refractivity contribution in [3.05, 3.63) is 66.1 Å². The van der Waals surface area contributed by atoms with Crippen molar-refractivity contribution >= 4 is 57.7 Å². The average Bonchev–Trinajstić information content (AvgIpc) is 3.00. The maximum Gasteiger partial charge on any atom is 0.312 e. The Labute approximate surface area is 180 Å². The predicted molar refractivity (Wildman–Crippen MR) is 119 cm³/mol. The summed E-state index contributed by atoms with van der Waals surface area (Å²) in [6.07, 6.45) is 2.62. The van der Waals surface area contributed by atoms with E-state index in [0.717, 1.165) is 12.1 Å². The number of hydrogen-bond acceptors (Lipinski definition) is 6. The standard InChI is InChI=1S/C19H18IN3O4S/c1-3-11-4-6-13(7-5-11)21-19-22-18(24)16(28-19)10-12-8-14(20)17(27-2)15(9-12)23(25)26/h4-10,19,21H,3H2,1-2H3,(H,22,24)/b16-10-/t19-/m1/s1. The van der Waals surface area contributed by atoms with Gasteiger partial charge in [-0.05, 0) is 64.4 Å². The number of carbonyl (C=O) groups is 1. The van der Waals surface area contributed by atoms with Crippen LogP contribution >= 0.6 is 34.4 Å². The molecule has 1 aliphatic rings. The highest BCUT2D eigenvalue weighted by molar-refractivity contribution is 14.1. The fraction of sp³-hybridized carbons (Fsp3) is 0.211. The quantitative estimate of drug-likeness (QED) is 0.259. The highest BCUT2D eigenvalue weighted by Gasteiger charge is 2.28. The summed E-state index contributed by atoms with van der Waals surface area (Å²) in [5, 5.41) is 17.4. The van der Waals surface area contributed by atoms with Crippen LogP contribution < -0.4 is 15.4 Å². The normalized spacial score (nSPS) is 17.5. The van der Waals surface area contributed by atoms with Crippen molar-refractivity contribution in [3.63, 3.8) is 0 Å². The molecule has 1 atom stereocenters. The van der Waals surface area contributed by atoms with E-state index in [9.17, 15) is 14.9 Å². The Hall–Kier alpha value is -2.27. The smallest absolute Gasteiger partial charge is 0.312 e. The molecule has 28 heavy (non-hydrogen) atoms. The first-order valence-electron chi connectivity index (χ1n) is 8.48. The monoisotopic (exact) mass is 511 g/mol. The lowest BCUT2D eigenvalue weighted by Gasteiger charge is -2.12. The lowest BCUT2D eigenvalue weighted by molar-refractivity contribution is -0.385. The molecule has 7 nitrogen and oxygen atoms in total. The molecule has 1 saturated heterocycles. The zero-order chi connectivity index (χ0) is 20.3. The van der Waals surface area contributed by atoms with Crippen molar-refractivity contribution < 1.29 is 14.5 Å². The fourth-order valence-corrected chi connectivity index (χ4v) is 4.57. The molecule has 0 bridgehead atoms. The van der Waals surface area contributed by atoms with Crippen molar-refractivity contribution in [1.29, 1.82) is 0 Å². The van der Waals surface area contributed by atoms with Crippen LogP contribution in [-0.2, 0) is 11.2 Å². The largest absolute Gasteiger partial charge is 0.489 e. The Kier molecular flexibility index (Phi) is 6.45. The van der Waals surface area contributed by atoms with Gasteiger partial charge in [-0.3, -0.25) is 14.9 Å². The lowest BCUT2D eigenvalue weighted by atomic mass is 10.1. The van der Waals surface area contributed by atoms with E-state index in [-0.39, 0.29) is 22.8 Å². The number of halogens is 1. The number of thioether (sulfide) groups is 1. The molecule has 9 heteroatoms. The van der Waals surface area contributed by atoms with Crippen molar-refractivity contribution in [2.24, 2.45) is 0 Å². The average molecular weight is 511 g/mol. The number of nitrogens with one attached hydrogen (secondary N) is 2. The van der Waals surface area contributed by atoms with Gasteiger partial charge in [0.2, 0.25) is 5.75 Å². The van der Waals surface area contributed by atoms with Gasteiger partial charge in [-0.2, -0.15) is 0 Å². The minimum Gasteiger partial charge on any atom is -0.489 e. The van der Waals surface area contributed by atoms with Gasteiger partial charge in [-0.15, -0.1) is 0 Å². The van der Waals surface area contributed by atoms with Crippen LogP contribution in [0.2, 0.25) is 0 Å². The summed E-state index contributed by atoms with van der Waals surface area (Å²) < 4.78 is 5.73. The van der Waals surface area contributed by atoms with E-state index in [1.807, 2.05) is 46.9 Å². The van der Waals surface area contributed by atoms with E-state index in [2.05, 4.69) is 17.6 Å². The minimum atomic E-state index is -0.491. The van der Waals surface area contributed by atoms with Crippen molar-refractivity contribution in [3.8, 4) is 5.75 Å². The SMILES string of the molecule is CCc1ccc(N[C@@H]2NC(=O)/C(=C/c3cc(I)c(OC)c([N+](=O)[O-])c3)S2)cc1. The molecule has 2 N–H and O–H groups in total. The predicted octanol–water partition coefficient (Wildman–Crippen LogP) is 4.37. The maximum absolute atomic E-state index is 12.3. The summed E-state index contributed by atoms with van der Waals surface area (Å²) in [6, 6.07) is 11.2. The second-order valence-electron chi connectivity index (χ2n) is 5.99. The number of anilines is 1. The van der Waals surface area contributed by atoms with Crippen LogP contribution in [0, 0.1) is 13.7 Å². The third-order valence-electron chi connectivity index (χ3n) is 4.14. The van der Waals surface area contributed by atoms with E-state index < -0.39 is 4.92 Å². The van der Waals surface area contributed by atoms with E-state index in [4.69, 9.17) is 4.74 Å². The Morgan fingerprint density at radius 1 is 1.36 bits per heavy atom. The number of hydrogen-bond donors (Lipinski definition) is 2. The molecule has 0 aliphatic carbocycles. The van der Waals surface area contributed by atoms with Gasteiger partial charge in [0.15, 0.2) is 5.50 Å². The summed E-state index contributed by atoms with van der Waals surface area (Å²) in [5.41, 5.74) is 2.28. The summed E-state index contributed by atoms with van der Waals surface area (Å²) in [7, 11) is 1.40. The fourth-order valence-electron chi connectivity index (χ4n) is 2.73. The van der Waals surface area contributed by atoms with Crippen molar-refractivity contribution in [2.75, 3.05) is 12.4 Å². The molecule has 0 unspecified atom stereocenters. The van der Waals surface area contributed by atoms with Gasteiger partial charge >= 0.3 is 5.69 Å². The van der Waals surface area contributed by atoms with Crippen LogP contribution in [0.5, 0.6) is 5.75 Å². The van der Waals surface area contributed by atoms with E-state index >= 15 is 0 Å². The number of methoxy groups -OCH3 is 1. The Bertz CT molecular complexity index is 947. The molecule has 0 aromatic heterocycles. The van der Waals surface area contributed by atoms with Gasteiger partial charge < -0.3 is 15.4 Å². The van der Waals surface area contributed by atoms with Crippen molar-refractivity contribution in [2.45, 2.75) is 18.8 Å². The molecule has 1 heterocycles. The first-order chi connectivity index (χ1) is 13.4. The second kappa shape index (κ2) is 8.82. The van der Waals surface area contributed by atoms with E-state index in [1.54, 1.807) is 12.1 Å². The molecule has 2 aromatic carbocycles. The van der Waals surface area contributed by atoms with Gasteiger partial charge in [0.1, 0.15) is 0 Å². The molecular weight excluding hydrogens is 493 g/mol. The Balaban J connectivity index is 1.79. The summed E-state index contributed by atoms with van der Waals surface area (Å²) in [5.74, 6) is -0.00694. The number of aryl methyl sites for hydroxylation is 1. The number of rotatable bonds is 6. The molecule has 1 aliphatic heterocycles. The number of benzene rings is 2. The second-order valence-corrected chi connectivity index (χ2v) is 8.30. The molecule has 3 rings (SSSR count). The number of nitrogens with zero attached hydrogens (tertiary/aromatic N) is 1. The highest BCUT2D eigenvalue weighted by Crippen LogP contribution is 2.36. The van der Waals surface area contributed by atoms with Gasteiger partial charge in [0.05, 0.1) is 20.5 Å².